The highest BCUT2D eigenvalue weighted by Crippen LogP contribution is 2.49. The molecule has 0 aromatic heterocycles. The van der Waals surface area contributed by atoms with Crippen LogP contribution in [0, 0.1) is 11.3 Å². The smallest absolute Gasteiger partial charge is 0.318 e. The van der Waals surface area contributed by atoms with Crippen molar-refractivity contribution in [2.45, 2.75) is 45.6 Å². The van der Waals surface area contributed by atoms with Gasteiger partial charge in [-0.2, -0.15) is 0 Å². The molecule has 0 aliphatic heterocycles. The van der Waals surface area contributed by atoms with Crippen LogP contribution in [0.1, 0.15) is 40.0 Å². The molecular formula is C13H20O3. The summed E-state index contributed by atoms with van der Waals surface area (Å²) in [5.41, 5.74) is -0.590. The molecule has 0 spiro atoms. The average Bonchev–Trinajstić information content (AvgIpc) is 2.76. The molecule has 0 aromatic rings. The van der Waals surface area contributed by atoms with E-state index < -0.39 is 0 Å². The zero-order valence-electron chi connectivity index (χ0n) is 10.3. The zero-order chi connectivity index (χ0) is 11.8. The Hall–Kier alpha value is -0.830. The summed E-state index contributed by atoms with van der Waals surface area (Å²) in [6.07, 6.45) is 7.16. The Labute approximate surface area is 96.8 Å². The molecular weight excluding hydrogens is 204 g/mol. The van der Waals surface area contributed by atoms with E-state index in [0.29, 0.717) is 5.92 Å². The predicted octanol–water partition coefficient (Wildman–Crippen LogP) is 2.66. The van der Waals surface area contributed by atoms with Gasteiger partial charge in [0.05, 0.1) is 11.0 Å². The standard InChI is InChI=1S/C13H20O3/c1-12(2,3)16-9-15-11(14)13-6-4-10(8-13)5-7-13/h4,6,10H,5,7-9H2,1-3H3. The van der Waals surface area contributed by atoms with Crippen molar-refractivity contribution in [2.75, 3.05) is 6.79 Å². The van der Waals surface area contributed by atoms with Gasteiger partial charge < -0.3 is 9.47 Å². The first kappa shape index (κ1) is 11.6. The second-order valence-corrected chi connectivity index (χ2v) is 5.82. The molecule has 0 aromatic carbocycles. The minimum Gasteiger partial charge on any atom is -0.438 e. The summed E-state index contributed by atoms with van der Waals surface area (Å²) in [4.78, 5) is 12.0. The van der Waals surface area contributed by atoms with Gasteiger partial charge in [0.2, 0.25) is 0 Å². The quantitative estimate of drug-likeness (QED) is 0.420. The molecule has 0 heterocycles. The van der Waals surface area contributed by atoms with Crippen molar-refractivity contribution in [1.29, 1.82) is 0 Å². The topological polar surface area (TPSA) is 35.5 Å². The predicted molar refractivity (Wildman–Crippen MR) is 60.7 cm³/mol. The molecule has 0 amide bonds. The van der Waals surface area contributed by atoms with E-state index in [2.05, 4.69) is 6.08 Å². The number of rotatable bonds is 3. The fourth-order valence-electron chi connectivity index (χ4n) is 2.41. The minimum atomic E-state index is -0.327. The number of allylic oxidation sites excluding steroid dienone is 1. The van der Waals surface area contributed by atoms with Gasteiger partial charge in [0, 0.05) is 0 Å². The second kappa shape index (κ2) is 3.88. The van der Waals surface area contributed by atoms with E-state index in [1.807, 2.05) is 26.8 Å². The zero-order valence-corrected chi connectivity index (χ0v) is 10.3. The van der Waals surface area contributed by atoms with Crippen molar-refractivity contribution < 1.29 is 14.3 Å². The van der Waals surface area contributed by atoms with Crippen molar-refractivity contribution in [1.82, 2.24) is 0 Å². The number of ether oxygens (including phenoxy) is 2. The summed E-state index contributed by atoms with van der Waals surface area (Å²) < 4.78 is 10.6. The molecule has 2 unspecified atom stereocenters. The molecule has 3 nitrogen and oxygen atoms in total. The minimum absolute atomic E-state index is 0.0581. The van der Waals surface area contributed by atoms with Gasteiger partial charge in [-0.05, 0) is 46.0 Å². The maximum absolute atomic E-state index is 12.0. The Kier molecular flexibility index (Phi) is 2.82. The van der Waals surface area contributed by atoms with Crippen LogP contribution in [0.25, 0.3) is 0 Å². The molecule has 2 rings (SSSR count). The van der Waals surface area contributed by atoms with Gasteiger partial charge in [-0.15, -0.1) is 0 Å². The van der Waals surface area contributed by atoms with Gasteiger partial charge in [0.15, 0.2) is 6.79 Å². The van der Waals surface area contributed by atoms with E-state index in [9.17, 15) is 4.79 Å². The number of fused-ring (bicyclic) bond motifs is 2. The molecule has 90 valence electrons. The average molecular weight is 224 g/mol. The third-order valence-corrected chi connectivity index (χ3v) is 3.36. The van der Waals surface area contributed by atoms with E-state index in [0.717, 1.165) is 19.3 Å². The summed E-state index contributed by atoms with van der Waals surface area (Å²) in [7, 11) is 0. The normalized spacial score (nSPS) is 32.1. The third-order valence-electron chi connectivity index (χ3n) is 3.36. The van der Waals surface area contributed by atoms with Crippen LogP contribution < -0.4 is 0 Å². The molecule has 2 bridgehead atoms. The Balaban J connectivity index is 1.83. The third kappa shape index (κ3) is 2.29. The Morgan fingerprint density at radius 1 is 1.50 bits per heavy atom. The number of carbonyl (C=O) groups is 1. The van der Waals surface area contributed by atoms with Crippen LogP contribution in [0.3, 0.4) is 0 Å². The number of carbonyl (C=O) groups excluding carboxylic acids is 1. The van der Waals surface area contributed by atoms with Crippen molar-refractivity contribution in [2.24, 2.45) is 11.3 Å². The van der Waals surface area contributed by atoms with E-state index in [-0.39, 0.29) is 23.8 Å². The van der Waals surface area contributed by atoms with Gasteiger partial charge in [0.25, 0.3) is 0 Å². The van der Waals surface area contributed by atoms with Crippen LogP contribution in [0.4, 0.5) is 0 Å². The van der Waals surface area contributed by atoms with Crippen LogP contribution in [0.15, 0.2) is 12.2 Å². The number of hydrogen-bond donors (Lipinski definition) is 0. The molecule has 2 aliphatic carbocycles. The van der Waals surface area contributed by atoms with Crippen molar-refractivity contribution in [3.05, 3.63) is 12.2 Å². The first-order valence-corrected chi connectivity index (χ1v) is 5.92. The lowest BCUT2D eigenvalue weighted by molar-refractivity contribution is -0.175. The molecule has 0 saturated heterocycles. The summed E-state index contributed by atoms with van der Waals surface area (Å²) in [5.74, 6) is 0.476. The first-order valence-electron chi connectivity index (χ1n) is 5.92. The van der Waals surface area contributed by atoms with Crippen LogP contribution in [-0.2, 0) is 14.3 Å². The molecule has 0 radical (unpaired) electrons. The summed E-state index contributed by atoms with van der Waals surface area (Å²) in [5, 5.41) is 0. The molecule has 2 atom stereocenters. The van der Waals surface area contributed by atoms with Crippen molar-refractivity contribution in [3.8, 4) is 0 Å². The largest absolute Gasteiger partial charge is 0.438 e. The highest BCUT2D eigenvalue weighted by molar-refractivity contribution is 5.80. The summed E-state index contributed by atoms with van der Waals surface area (Å²) in [6.45, 7) is 5.89. The van der Waals surface area contributed by atoms with Gasteiger partial charge in [0.1, 0.15) is 0 Å². The van der Waals surface area contributed by atoms with E-state index in [1.54, 1.807) is 0 Å². The van der Waals surface area contributed by atoms with Crippen LogP contribution >= 0.6 is 0 Å². The van der Waals surface area contributed by atoms with Gasteiger partial charge in [-0.3, -0.25) is 4.79 Å². The number of hydrogen-bond acceptors (Lipinski definition) is 3. The van der Waals surface area contributed by atoms with Gasteiger partial charge in [-0.25, -0.2) is 0 Å². The molecule has 0 N–H and O–H groups in total. The monoisotopic (exact) mass is 224 g/mol. The lowest BCUT2D eigenvalue weighted by Crippen LogP contribution is -2.30. The lowest BCUT2D eigenvalue weighted by Gasteiger charge is -2.24. The van der Waals surface area contributed by atoms with Crippen molar-refractivity contribution >= 4 is 5.97 Å². The van der Waals surface area contributed by atoms with E-state index in [1.165, 1.54) is 0 Å². The van der Waals surface area contributed by atoms with E-state index in [4.69, 9.17) is 9.47 Å². The highest BCUT2D eigenvalue weighted by atomic mass is 16.7. The number of esters is 1. The fraction of sp³-hybridized carbons (Fsp3) is 0.769. The molecule has 1 saturated carbocycles. The molecule has 16 heavy (non-hydrogen) atoms. The lowest BCUT2D eigenvalue weighted by atomic mass is 9.88. The summed E-state index contributed by atoms with van der Waals surface area (Å²) in [6, 6.07) is 0. The fourth-order valence-corrected chi connectivity index (χ4v) is 2.41. The molecule has 3 heteroatoms. The van der Waals surface area contributed by atoms with Crippen LogP contribution in [-0.4, -0.2) is 18.4 Å². The maximum Gasteiger partial charge on any atom is 0.318 e. The summed E-state index contributed by atoms with van der Waals surface area (Å²) >= 11 is 0. The van der Waals surface area contributed by atoms with E-state index >= 15 is 0 Å². The second-order valence-electron chi connectivity index (χ2n) is 5.82. The SMILES string of the molecule is CC(C)(C)OCOC(=O)C12C=CC(CC1)C2. The van der Waals surface area contributed by atoms with Crippen LogP contribution in [0.5, 0.6) is 0 Å². The Bertz CT molecular complexity index is 314. The Morgan fingerprint density at radius 2 is 2.25 bits per heavy atom. The Morgan fingerprint density at radius 3 is 2.69 bits per heavy atom. The van der Waals surface area contributed by atoms with Gasteiger partial charge >= 0.3 is 5.97 Å². The van der Waals surface area contributed by atoms with Gasteiger partial charge in [-0.1, -0.05) is 12.2 Å². The van der Waals surface area contributed by atoms with Crippen LogP contribution in [0.2, 0.25) is 0 Å². The first-order chi connectivity index (χ1) is 7.41. The molecule has 2 aliphatic rings. The van der Waals surface area contributed by atoms with Crippen molar-refractivity contribution in [3.63, 3.8) is 0 Å². The maximum atomic E-state index is 12.0. The molecule has 1 fully saturated rings. The highest BCUT2D eigenvalue weighted by Gasteiger charge is 2.47.